The van der Waals surface area contributed by atoms with E-state index >= 15 is 0 Å². The molecule has 6 nitrogen and oxygen atoms in total. The number of carbonyl (C=O) groups excluding carboxylic acids is 1. The molecule has 1 heterocycles. The number of aliphatic carboxylic acids is 1. The number of hydrogen-bond acceptors (Lipinski definition) is 4. The highest BCUT2D eigenvalue weighted by Crippen LogP contribution is 2.29. The number of ether oxygens (including phenoxy) is 2. The van der Waals surface area contributed by atoms with Crippen molar-refractivity contribution < 1.29 is 24.2 Å². The third-order valence-corrected chi connectivity index (χ3v) is 4.10. The quantitative estimate of drug-likeness (QED) is 0.763. The van der Waals surface area contributed by atoms with Gasteiger partial charge >= 0.3 is 5.97 Å². The molecule has 1 saturated heterocycles. The van der Waals surface area contributed by atoms with E-state index in [1.807, 2.05) is 0 Å². The SMILES string of the molecule is O=C(CCOC1CCOCC1)NC1(C(=O)O)CCCC1. The van der Waals surface area contributed by atoms with Gasteiger partial charge in [0.1, 0.15) is 5.54 Å². The summed E-state index contributed by atoms with van der Waals surface area (Å²) in [5.41, 5.74) is -1.05. The lowest BCUT2D eigenvalue weighted by molar-refractivity contribution is -0.147. The summed E-state index contributed by atoms with van der Waals surface area (Å²) in [7, 11) is 0. The molecule has 0 radical (unpaired) electrons. The van der Waals surface area contributed by atoms with Crippen molar-refractivity contribution in [2.75, 3.05) is 19.8 Å². The summed E-state index contributed by atoms with van der Waals surface area (Å²) in [6.07, 6.45) is 4.85. The van der Waals surface area contributed by atoms with Crippen molar-refractivity contribution in [3.05, 3.63) is 0 Å². The van der Waals surface area contributed by atoms with Gasteiger partial charge in [-0.2, -0.15) is 0 Å². The first kappa shape index (κ1) is 15.3. The van der Waals surface area contributed by atoms with Crippen molar-refractivity contribution in [3.8, 4) is 0 Å². The molecule has 1 aliphatic carbocycles. The van der Waals surface area contributed by atoms with E-state index in [4.69, 9.17) is 9.47 Å². The van der Waals surface area contributed by atoms with E-state index in [2.05, 4.69) is 5.32 Å². The largest absolute Gasteiger partial charge is 0.480 e. The fourth-order valence-electron chi connectivity index (χ4n) is 2.86. The second kappa shape index (κ2) is 7.04. The number of rotatable bonds is 6. The van der Waals surface area contributed by atoms with Gasteiger partial charge in [0, 0.05) is 19.6 Å². The Morgan fingerprint density at radius 2 is 1.90 bits per heavy atom. The van der Waals surface area contributed by atoms with Crippen LogP contribution in [0.4, 0.5) is 0 Å². The fraction of sp³-hybridized carbons (Fsp3) is 0.857. The van der Waals surface area contributed by atoms with Crippen molar-refractivity contribution in [1.29, 1.82) is 0 Å². The molecular weight excluding hydrogens is 262 g/mol. The maximum Gasteiger partial charge on any atom is 0.329 e. The number of nitrogens with one attached hydrogen (secondary N) is 1. The Morgan fingerprint density at radius 1 is 1.25 bits per heavy atom. The molecular formula is C14H23NO5. The van der Waals surface area contributed by atoms with E-state index in [0.717, 1.165) is 25.7 Å². The fourth-order valence-corrected chi connectivity index (χ4v) is 2.86. The van der Waals surface area contributed by atoms with Gasteiger partial charge < -0.3 is 19.9 Å². The van der Waals surface area contributed by atoms with E-state index < -0.39 is 11.5 Å². The third kappa shape index (κ3) is 3.93. The molecule has 20 heavy (non-hydrogen) atoms. The highest BCUT2D eigenvalue weighted by molar-refractivity contribution is 5.87. The molecule has 0 bridgehead atoms. The summed E-state index contributed by atoms with van der Waals surface area (Å²) in [6, 6.07) is 0. The summed E-state index contributed by atoms with van der Waals surface area (Å²) in [4.78, 5) is 23.2. The molecule has 6 heteroatoms. The Kier molecular flexibility index (Phi) is 5.37. The van der Waals surface area contributed by atoms with Crippen molar-refractivity contribution in [3.63, 3.8) is 0 Å². The lowest BCUT2D eigenvalue weighted by atomic mass is 9.97. The zero-order valence-electron chi connectivity index (χ0n) is 11.7. The van der Waals surface area contributed by atoms with Crippen LogP contribution in [0.1, 0.15) is 44.9 Å². The summed E-state index contributed by atoms with van der Waals surface area (Å²) in [6.45, 7) is 1.75. The smallest absolute Gasteiger partial charge is 0.329 e. The summed E-state index contributed by atoms with van der Waals surface area (Å²) in [5.74, 6) is -1.16. The minimum Gasteiger partial charge on any atom is -0.480 e. The van der Waals surface area contributed by atoms with E-state index in [1.54, 1.807) is 0 Å². The first-order chi connectivity index (χ1) is 9.62. The average Bonchev–Trinajstić information content (AvgIpc) is 2.90. The Balaban J connectivity index is 1.70. The van der Waals surface area contributed by atoms with Crippen LogP contribution in [0.3, 0.4) is 0 Å². The van der Waals surface area contributed by atoms with E-state index in [9.17, 15) is 14.7 Å². The molecule has 2 aliphatic rings. The summed E-state index contributed by atoms with van der Waals surface area (Å²) >= 11 is 0. The van der Waals surface area contributed by atoms with Gasteiger partial charge in [-0.15, -0.1) is 0 Å². The lowest BCUT2D eigenvalue weighted by Gasteiger charge is -2.26. The van der Waals surface area contributed by atoms with Crippen LogP contribution in [0, 0.1) is 0 Å². The Bertz CT molecular complexity index is 345. The minimum atomic E-state index is -1.05. The van der Waals surface area contributed by atoms with Gasteiger partial charge in [-0.25, -0.2) is 4.79 Å². The maximum absolute atomic E-state index is 11.9. The molecule has 1 amide bonds. The van der Waals surface area contributed by atoms with Gasteiger partial charge in [0.05, 0.1) is 12.7 Å². The first-order valence-corrected chi connectivity index (χ1v) is 7.36. The lowest BCUT2D eigenvalue weighted by Crippen LogP contribution is -2.52. The van der Waals surface area contributed by atoms with Crippen LogP contribution in [0.5, 0.6) is 0 Å². The second-order valence-electron chi connectivity index (χ2n) is 5.58. The van der Waals surface area contributed by atoms with E-state index in [1.165, 1.54) is 0 Å². The number of carbonyl (C=O) groups is 2. The van der Waals surface area contributed by atoms with E-state index in [0.29, 0.717) is 32.7 Å². The average molecular weight is 285 g/mol. The monoisotopic (exact) mass is 285 g/mol. The molecule has 2 N–H and O–H groups in total. The Labute approximate surface area is 118 Å². The van der Waals surface area contributed by atoms with Crippen LogP contribution in [0.25, 0.3) is 0 Å². The predicted octanol–water partition coefficient (Wildman–Crippen LogP) is 1.09. The number of carboxylic acids is 1. The number of amides is 1. The molecule has 0 spiro atoms. The number of hydrogen-bond donors (Lipinski definition) is 2. The molecule has 0 aromatic carbocycles. The molecule has 0 aromatic rings. The van der Waals surface area contributed by atoms with Crippen molar-refractivity contribution >= 4 is 11.9 Å². The van der Waals surface area contributed by atoms with Gasteiger partial charge in [-0.1, -0.05) is 12.8 Å². The Hall–Kier alpha value is -1.14. The number of carboxylic acid groups (broad SMARTS) is 1. The van der Waals surface area contributed by atoms with Crippen LogP contribution in [-0.2, 0) is 19.1 Å². The molecule has 2 fully saturated rings. The van der Waals surface area contributed by atoms with E-state index in [-0.39, 0.29) is 18.4 Å². The molecule has 2 rings (SSSR count). The Morgan fingerprint density at radius 3 is 2.50 bits per heavy atom. The van der Waals surface area contributed by atoms with Crippen molar-refractivity contribution in [1.82, 2.24) is 5.32 Å². The van der Waals surface area contributed by atoms with Gasteiger partial charge in [0.2, 0.25) is 5.91 Å². The molecule has 0 unspecified atom stereocenters. The van der Waals surface area contributed by atoms with Crippen molar-refractivity contribution in [2.45, 2.75) is 56.6 Å². The second-order valence-corrected chi connectivity index (χ2v) is 5.58. The minimum absolute atomic E-state index is 0.163. The standard InChI is InChI=1S/C14H23NO5/c16-12(5-10-20-11-3-8-19-9-4-11)15-14(13(17)18)6-1-2-7-14/h11H,1-10H2,(H,15,16)(H,17,18). The summed E-state index contributed by atoms with van der Waals surface area (Å²) in [5, 5.41) is 12.0. The van der Waals surface area contributed by atoms with Crippen molar-refractivity contribution in [2.24, 2.45) is 0 Å². The van der Waals surface area contributed by atoms with Gasteiger partial charge in [-0.05, 0) is 25.7 Å². The third-order valence-electron chi connectivity index (χ3n) is 4.10. The zero-order valence-corrected chi connectivity index (χ0v) is 11.7. The first-order valence-electron chi connectivity index (χ1n) is 7.36. The zero-order chi connectivity index (χ0) is 14.4. The summed E-state index contributed by atoms with van der Waals surface area (Å²) < 4.78 is 10.9. The van der Waals surface area contributed by atoms with Crippen LogP contribution in [0.2, 0.25) is 0 Å². The topological polar surface area (TPSA) is 84.9 Å². The van der Waals surface area contributed by atoms with Crippen LogP contribution < -0.4 is 5.32 Å². The van der Waals surface area contributed by atoms with Crippen LogP contribution in [0.15, 0.2) is 0 Å². The van der Waals surface area contributed by atoms with Gasteiger partial charge in [0.25, 0.3) is 0 Å². The molecule has 114 valence electrons. The molecule has 0 aromatic heterocycles. The van der Waals surface area contributed by atoms with Crippen LogP contribution in [-0.4, -0.2) is 48.4 Å². The van der Waals surface area contributed by atoms with Gasteiger partial charge in [-0.3, -0.25) is 4.79 Å². The highest BCUT2D eigenvalue weighted by Gasteiger charge is 2.42. The molecule has 1 saturated carbocycles. The predicted molar refractivity (Wildman–Crippen MR) is 71.4 cm³/mol. The normalized spacial score (nSPS) is 22.6. The van der Waals surface area contributed by atoms with Crippen LogP contribution >= 0.6 is 0 Å². The molecule has 1 aliphatic heterocycles. The van der Waals surface area contributed by atoms with Gasteiger partial charge in [0.15, 0.2) is 0 Å². The maximum atomic E-state index is 11.9. The highest BCUT2D eigenvalue weighted by atomic mass is 16.5. The molecule has 0 atom stereocenters.